The molecular weight excluding hydrogens is 356 g/mol. The number of carbonyl (C=O) groups excluding carboxylic acids is 1. The molecule has 146 valence electrons. The third kappa shape index (κ3) is 4.98. The molecule has 6 heteroatoms. The number of aromatic nitrogens is 1. The van der Waals surface area contributed by atoms with Crippen molar-refractivity contribution in [3.05, 3.63) is 60.2 Å². The van der Waals surface area contributed by atoms with E-state index in [1.54, 1.807) is 0 Å². The summed E-state index contributed by atoms with van der Waals surface area (Å²) in [6, 6.07) is 16.7. The first-order valence-corrected chi connectivity index (χ1v) is 9.20. The molecule has 0 radical (unpaired) electrons. The number of rotatable bonds is 7. The number of nitrogens with one attached hydrogen (secondary N) is 1. The fourth-order valence-corrected chi connectivity index (χ4v) is 2.80. The van der Waals surface area contributed by atoms with Gasteiger partial charge < -0.3 is 19.9 Å². The first-order valence-electron chi connectivity index (χ1n) is 9.20. The average molecular weight is 380 g/mol. The third-order valence-corrected chi connectivity index (χ3v) is 4.13. The number of fused-ring (bicyclic) bond motifs is 1. The molecule has 1 unspecified atom stereocenters. The van der Waals surface area contributed by atoms with Crippen LogP contribution in [0.15, 0.2) is 54.6 Å². The molecule has 1 heterocycles. The number of amides is 1. The van der Waals surface area contributed by atoms with Crippen LogP contribution in [0.1, 0.15) is 32.4 Å². The molecule has 2 aromatic carbocycles. The summed E-state index contributed by atoms with van der Waals surface area (Å²) in [6.45, 7) is 5.31. The van der Waals surface area contributed by atoms with Gasteiger partial charge in [-0.25, -0.2) is 4.98 Å². The van der Waals surface area contributed by atoms with E-state index in [0.29, 0.717) is 11.6 Å². The first kappa shape index (κ1) is 19.6. The van der Waals surface area contributed by atoms with Crippen molar-refractivity contribution in [2.75, 3.05) is 6.61 Å². The maximum Gasteiger partial charge on any atom is 0.246 e. The van der Waals surface area contributed by atoms with Gasteiger partial charge in [-0.1, -0.05) is 6.07 Å². The van der Waals surface area contributed by atoms with Crippen molar-refractivity contribution in [2.45, 2.75) is 32.9 Å². The fourth-order valence-electron chi connectivity index (χ4n) is 2.80. The number of benzene rings is 2. The topological polar surface area (TPSA) is 80.7 Å². The lowest BCUT2D eigenvalue weighted by Gasteiger charge is -2.14. The van der Waals surface area contributed by atoms with Crippen LogP contribution in [0.4, 0.5) is 0 Å². The zero-order valence-electron chi connectivity index (χ0n) is 16.2. The van der Waals surface area contributed by atoms with Gasteiger partial charge in [0, 0.05) is 11.5 Å². The maximum atomic E-state index is 11.4. The Morgan fingerprint density at radius 2 is 1.75 bits per heavy atom. The SMILES string of the molecule is CC(C)Oc1ccc(Oc2ccc3cc(C(C)NC(=O)CO)ccc3n2)cc1. The lowest BCUT2D eigenvalue weighted by molar-refractivity contribution is -0.124. The number of ether oxygens (including phenoxy) is 2. The number of pyridine rings is 1. The van der Waals surface area contributed by atoms with E-state index in [9.17, 15) is 4.79 Å². The monoisotopic (exact) mass is 380 g/mol. The number of aliphatic hydroxyl groups is 1. The molecule has 1 aromatic heterocycles. The Morgan fingerprint density at radius 3 is 2.43 bits per heavy atom. The molecule has 3 rings (SSSR count). The molecule has 0 saturated carbocycles. The second-order valence-corrected chi connectivity index (χ2v) is 6.79. The minimum atomic E-state index is -0.523. The molecule has 0 aliphatic rings. The largest absolute Gasteiger partial charge is 0.491 e. The van der Waals surface area contributed by atoms with E-state index in [4.69, 9.17) is 14.6 Å². The lowest BCUT2D eigenvalue weighted by atomic mass is 10.1. The minimum Gasteiger partial charge on any atom is -0.491 e. The number of carbonyl (C=O) groups is 1. The van der Waals surface area contributed by atoms with Gasteiger partial charge in [-0.15, -0.1) is 0 Å². The van der Waals surface area contributed by atoms with E-state index in [2.05, 4.69) is 10.3 Å². The maximum absolute atomic E-state index is 11.4. The summed E-state index contributed by atoms with van der Waals surface area (Å²) < 4.78 is 11.5. The van der Waals surface area contributed by atoms with Gasteiger partial charge in [0.2, 0.25) is 11.8 Å². The van der Waals surface area contributed by atoms with Gasteiger partial charge in [-0.2, -0.15) is 0 Å². The van der Waals surface area contributed by atoms with Crippen LogP contribution in [0.2, 0.25) is 0 Å². The van der Waals surface area contributed by atoms with Crippen LogP contribution in [0.3, 0.4) is 0 Å². The molecule has 2 N–H and O–H groups in total. The van der Waals surface area contributed by atoms with Gasteiger partial charge in [0.1, 0.15) is 18.1 Å². The highest BCUT2D eigenvalue weighted by molar-refractivity contribution is 5.81. The van der Waals surface area contributed by atoms with Gasteiger partial charge in [-0.05, 0) is 68.8 Å². The summed E-state index contributed by atoms with van der Waals surface area (Å²) >= 11 is 0. The minimum absolute atomic E-state index is 0.124. The van der Waals surface area contributed by atoms with Crippen LogP contribution in [-0.4, -0.2) is 28.7 Å². The van der Waals surface area contributed by atoms with Crippen molar-refractivity contribution in [2.24, 2.45) is 0 Å². The van der Waals surface area contributed by atoms with Crippen molar-refractivity contribution in [3.63, 3.8) is 0 Å². The Bertz CT molecular complexity index is 954. The highest BCUT2D eigenvalue weighted by Gasteiger charge is 2.10. The van der Waals surface area contributed by atoms with E-state index in [1.807, 2.05) is 75.4 Å². The molecule has 6 nitrogen and oxygen atoms in total. The standard InChI is InChI=1S/C22H24N2O4/c1-14(2)27-18-6-8-19(9-7-18)28-22-11-5-17-12-16(4-10-20(17)24-22)15(3)23-21(26)13-25/h4-12,14-15,25H,13H2,1-3H3,(H,23,26). The van der Waals surface area contributed by atoms with Crippen LogP contribution in [0, 0.1) is 0 Å². The normalized spacial score (nSPS) is 12.0. The number of hydrogen-bond donors (Lipinski definition) is 2. The zero-order chi connectivity index (χ0) is 20.1. The molecule has 0 spiro atoms. The summed E-state index contributed by atoms with van der Waals surface area (Å²) in [7, 11) is 0. The predicted octanol–water partition coefficient (Wildman–Crippen LogP) is 3.98. The molecule has 0 aliphatic carbocycles. The molecule has 0 aliphatic heterocycles. The van der Waals surface area contributed by atoms with Crippen molar-refractivity contribution in [1.82, 2.24) is 10.3 Å². The van der Waals surface area contributed by atoms with Crippen LogP contribution < -0.4 is 14.8 Å². The molecule has 0 fully saturated rings. The Morgan fingerprint density at radius 1 is 1.04 bits per heavy atom. The molecule has 28 heavy (non-hydrogen) atoms. The summed E-state index contributed by atoms with van der Waals surface area (Å²) in [5, 5.41) is 12.5. The van der Waals surface area contributed by atoms with Gasteiger partial charge in [-0.3, -0.25) is 4.79 Å². The van der Waals surface area contributed by atoms with Crippen molar-refractivity contribution >= 4 is 16.8 Å². The summed E-state index contributed by atoms with van der Waals surface area (Å²) in [5.74, 6) is 1.57. The van der Waals surface area contributed by atoms with Gasteiger partial charge in [0.25, 0.3) is 0 Å². The Hall–Kier alpha value is -3.12. The number of hydrogen-bond acceptors (Lipinski definition) is 5. The second kappa shape index (κ2) is 8.71. The second-order valence-electron chi connectivity index (χ2n) is 6.79. The molecule has 0 bridgehead atoms. The van der Waals surface area contributed by atoms with Gasteiger partial charge in [0.15, 0.2) is 0 Å². The molecular formula is C22H24N2O4. The predicted molar refractivity (Wildman–Crippen MR) is 108 cm³/mol. The van der Waals surface area contributed by atoms with Gasteiger partial charge >= 0.3 is 0 Å². The smallest absolute Gasteiger partial charge is 0.246 e. The molecule has 3 aromatic rings. The van der Waals surface area contributed by atoms with E-state index < -0.39 is 12.5 Å². The lowest BCUT2D eigenvalue weighted by Crippen LogP contribution is -2.28. The van der Waals surface area contributed by atoms with E-state index >= 15 is 0 Å². The molecule has 1 atom stereocenters. The Kier molecular flexibility index (Phi) is 6.11. The van der Waals surface area contributed by atoms with E-state index in [1.165, 1.54) is 0 Å². The highest BCUT2D eigenvalue weighted by Crippen LogP contribution is 2.26. The summed E-state index contributed by atoms with van der Waals surface area (Å²) in [5.41, 5.74) is 1.73. The summed E-state index contributed by atoms with van der Waals surface area (Å²) in [6.07, 6.45) is 0.124. The van der Waals surface area contributed by atoms with E-state index in [0.717, 1.165) is 22.2 Å². The van der Waals surface area contributed by atoms with Crippen LogP contribution in [0.25, 0.3) is 10.9 Å². The quantitative estimate of drug-likeness (QED) is 0.648. The Balaban J connectivity index is 1.73. The van der Waals surface area contributed by atoms with Crippen molar-refractivity contribution < 1.29 is 19.4 Å². The number of aliphatic hydroxyl groups excluding tert-OH is 1. The van der Waals surface area contributed by atoms with Crippen LogP contribution >= 0.6 is 0 Å². The van der Waals surface area contributed by atoms with Crippen LogP contribution in [0.5, 0.6) is 17.4 Å². The van der Waals surface area contributed by atoms with E-state index in [-0.39, 0.29) is 12.1 Å². The third-order valence-electron chi connectivity index (χ3n) is 4.13. The first-order chi connectivity index (χ1) is 13.4. The van der Waals surface area contributed by atoms with Crippen LogP contribution in [-0.2, 0) is 4.79 Å². The molecule has 1 amide bonds. The molecule has 0 saturated heterocycles. The average Bonchev–Trinajstić information content (AvgIpc) is 2.68. The number of nitrogens with zero attached hydrogens (tertiary/aromatic N) is 1. The van der Waals surface area contributed by atoms with Crippen molar-refractivity contribution in [3.8, 4) is 17.4 Å². The van der Waals surface area contributed by atoms with Gasteiger partial charge in [0.05, 0.1) is 17.7 Å². The zero-order valence-corrected chi connectivity index (χ0v) is 16.2. The van der Waals surface area contributed by atoms with Crippen molar-refractivity contribution in [1.29, 1.82) is 0 Å². The highest BCUT2D eigenvalue weighted by atomic mass is 16.5. The Labute approximate surface area is 164 Å². The fraction of sp³-hybridized carbons (Fsp3) is 0.273. The summed E-state index contributed by atoms with van der Waals surface area (Å²) in [4.78, 5) is 15.9.